The van der Waals surface area contributed by atoms with Crippen molar-refractivity contribution in [3.8, 4) is 0 Å². The third-order valence-electron chi connectivity index (χ3n) is 6.10. The van der Waals surface area contributed by atoms with Crippen LogP contribution in [0.2, 0.25) is 0 Å². The van der Waals surface area contributed by atoms with Gasteiger partial charge in [0.15, 0.2) is 0 Å². The largest absolute Gasteiger partial charge is 0.462 e. The summed E-state index contributed by atoms with van der Waals surface area (Å²) < 4.78 is 5.00. The number of rotatable bonds is 6. The molecule has 0 unspecified atom stereocenters. The Kier molecular flexibility index (Phi) is 7.59. The van der Waals surface area contributed by atoms with Gasteiger partial charge in [0.25, 0.3) is 0 Å². The van der Waals surface area contributed by atoms with Crippen LogP contribution in [-0.2, 0) is 11.3 Å². The van der Waals surface area contributed by atoms with E-state index in [4.69, 9.17) is 4.74 Å². The number of piperazine rings is 1. The molecule has 2 fully saturated rings. The minimum Gasteiger partial charge on any atom is -0.462 e. The number of hydrogen-bond acceptors (Lipinski definition) is 7. The topological polar surface area (TPSA) is 90.9 Å². The molecule has 0 spiro atoms. The summed E-state index contributed by atoms with van der Waals surface area (Å²) in [7, 11) is 0. The van der Waals surface area contributed by atoms with Crippen molar-refractivity contribution >= 4 is 23.6 Å². The van der Waals surface area contributed by atoms with Crippen molar-refractivity contribution in [2.75, 3.05) is 55.7 Å². The molecule has 2 aliphatic heterocycles. The minimum atomic E-state index is -0.366. The Hall–Kier alpha value is -3.36. The molecule has 0 bridgehead atoms. The first-order valence-corrected chi connectivity index (χ1v) is 11.8. The highest BCUT2D eigenvalue weighted by molar-refractivity contribution is 5.89. The van der Waals surface area contributed by atoms with Crippen molar-refractivity contribution in [2.45, 2.75) is 32.7 Å². The maximum absolute atomic E-state index is 12.8. The molecule has 2 aromatic heterocycles. The molecule has 4 rings (SSSR count). The van der Waals surface area contributed by atoms with Gasteiger partial charge in [0.1, 0.15) is 11.6 Å². The number of urea groups is 1. The molecular formula is C24H32N6O3. The van der Waals surface area contributed by atoms with Crippen molar-refractivity contribution in [2.24, 2.45) is 0 Å². The van der Waals surface area contributed by atoms with Gasteiger partial charge in [-0.3, -0.25) is 0 Å². The molecule has 9 nitrogen and oxygen atoms in total. The van der Waals surface area contributed by atoms with Gasteiger partial charge in [-0.05, 0) is 44.4 Å². The summed E-state index contributed by atoms with van der Waals surface area (Å²) in [5.74, 6) is 1.42. The van der Waals surface area contributed by atoms with Crippen molar-refractivity contribution in [3.63, 3.8) is 0 Å². The zero-order chi connectivity index (χ0) is 23.0. The van der Waals surface area contributed by atoms with E-state index >= 15 is 0 Å². The molecule has 2 aromatic rings. The van der Waals surface area contributed by atoms with Crippen LogP contribution in [-0.4, -0.2) is 72.7 Å². The van der Waals surface area contributed by atoms with Gasteiger partial charge < -0.3 is 24.8 Å². The van der Waals surface area contributed by atoms with Gasteiger partial charge in [0.2, 0.25) is 0 Å². The van der Waals surface area contributed by atoms with Crippen LogP contribution in [0.5, 0.6) is 0 Å². The number of nitrogens with zero attached hydrogens (tertiary/aromatic N) is 5. The molecule has 2 saturated heterocycles. The highest BCUT2D eigenvalue weighted by atomic mass is 16.5. The van der Waals surface area contributed by atoms with Crippen LogP contribution in [0.25, 0.3) is 0 Å². The lowest BCUT2D eigenvalue weighted by Gasteiger charge is -2.35. The number of esters is 1. The quantitative estimate of drug-likeness (QED) is 0.674. The normalized spacial score (nSPS) is 16.5. The molecule has 2 aliphatic rings. The average molecular weight is 453 g/mol. The SMILES string of the molecule is CCOC(=O)c1ccc(N2CCN(C(=O)NCc3cccnc3N3CCCCC3)CC2)nc1. The number of nitrogens with one attached hydrogen (secondary N) is 1. The summed E-state index contributed by atoms with van der Waals surface area (Å²) in [6.07, 6.45) is 7.01. The molecule has 1 N–H and O–H groups in total. The van der Waals surface area contributed by atoms with E-state index in [1.165, 1.54) is 19.3 Å². The summed E-state index contributed by atoms with van der Waals surface area (Å²) in [5.41, 5.74) is 1.50. The second kappa shape index (κ2) is 11.0. The van der Waals surface area contributed by atoms with Crippen LogP contribution >= 0.6 is 0 Å². The number of pyridine rings is 2. The van der Waals surface area contributed by atoms with E-state index in [1.54, 1.807) is 19.2 Å². The van der Waals surface area contributed by atoms with Crippen LogP contribution in [0.3, 0.4) is 0 Å². The Labute approximate surface area is 194 Å². The molecule has 0 aliphatic carbocycles. The van der Waals surface area contributed by atoms with Crippen molar-refractivity contribution in [1.82, 2.24) is 20.2 Å². The first kappa shape index (κ1) is 22.8. The van der Waals surface area contributed by atoms with E-state index in [0.29, 0.717) is 44.9 Å². The van der Waals surface area contributed by atoms with E-state index in [9.17, 15) is 9.59 Å². The standard InChI is InChI=1S/C24H32N6O3/c1-2-33-23(31)20-8-9-21(26-18-20)28-13-15-30(16-14-28)24(32)27-17-19-7-6-10-25-22(19)29-11-4-3-5-12-29/h6-10,18H,2-5,11-17H2,1H3,(H,27,32). The number of hydrogen-bond donors (Lipinski definition) is 1. The van der Waals surface area contributed by atoms with E-state index in [0.717, 1.165) is 30.3 Å². The predicted octanol–water partition coefficient (Wildman–Crippen LogP) is 2.68. The van der Waals surface area contributed by atoms with Crippen LogP contribution < -0.4 is 15.1 Å². The lowest BCUT2D eigenvalue weighted by atomic mass is 10.1. The van der Waals surface area contributed by atoms with E-state index in [1.807, 2.05) is 29.3 Å². The third kappa shape index (κ3) is 5.71. The summed E-state index contributed by atoms with van der Waals surface area (Å²) in [5, 5.41) is 3.07. The van der Waals surface area contributed by atoms with Crippen LogP contribution in [0.4, 0.5) is 16.4 Å². The molecule has 0 radical (unpaired) electrons. The van der Waals surface area contributed by atoms with Crippen LogP contribution in [0.15, 0.2) is 36.7 Å². The number of piperidine rings is 1. The molecule has 0 aromatic carbocycles. The summed E-state index contributed by atoms with van der Waals surface area (Å²) in [4.78, 5) is 39.8. The van der Waals surface area contributed by atoms with Crippen molar-refractivity contribution in [3.05, 3.63) is 47.8 Å². The molecule has 0 saturated carbocycles. The van der Waals surface area contributed by atoms with Crippen LogP contribution in [0.1, 0.15) is 42.1 Å². The van der Waals surface area contributed by atoms with Gasteiger partial charge in [0, 0.05) is 63.8 Å². The molecule has 2 amide bonds. The smallest absolute Gasteiger partial charge is 0.339 e. The minimum absolute atomic E-state index is 0.0614. The monoisotopic (exact) mass is 452 g/mol. The van der Waals surface area contributed by atoms with Gasteiger partial charge in [0.05, 0.1) is 12.2 Å². The zero-order valence-corrected chi connectivity index (χ0v) is 19.2. The first-order valence-electron chi connectivity index (χ1n) is 11.8. The van der Waals surface area contributed by atoms with Gasteiger partial charge in [-0.15, -0.1) is 0 Å². The number of aromatic nitrogens is 2. The highest BCUT2D eigenvalue weighted by Gasteiger charge is 2.23. The van der Waals surface area contributed by atoms with Gasteiger partial charge >= 0.3 is 12.0 Å². The fraction of sp³-hybridized carbons (Fsp3) is 0.500. The zero-order valence-electron chi connectivity index (χ0n) is 19.2. The fourth-order valence-electron chi connectivity index (χ4n) is 4.29. The maximum atomic E-state index is 12.8. The average Bonchev–Trinajstić information content (AvgIpc) is 2.88. The third-order valence-corrected chi connectivity index (χ3v) is 6.10. The second-order valence-electron chi connectivity index (χ2n) is 8.29. The number of carbonyl (C=O) groups excluding carboxylic acids is 2. The highest BCUT2D eigenvalue weighted by Crippen LogP contribution is 2.21. The lowest BCUT2D eigenvalue weighted by Crippen LogP contribution is -2.52. The molecule has 176 valence electrons. The Balaban J connectivity index is 1.28. The van der Waals surface area contributed by atoms with E-state index in [2.05, 4.69) is 25.1 Å². The molecule has 9 heteroatoms. The van der Waals surface area contributed by atoms with Crippen molar-refractivity contribution < 1.29 is 14.3 Å². The summed E-state index contributed by atoms with van der Waals surface area (Å²) in [6, 6.07) is 7.46. The number of amides is 2. The first-order chi connectivity index (χ1) is 16.2. The Morgan fingerprint density at radius 2 is 1.76 bits per heavy atom. The van der Waals surface area contributed by atoms with E-state index in [-0.39, 0.29) is 12.0 Å². The lowest BCUT2D eigenvalue weighted by molar-refractivity contribution is 0.0526. The number of anilines is 2. The van der Waals surface area contributed by atoms with Crippen LogP contribution in [0, 0.1) is 0 Å². The number of carbonyl (C=O) groups is 2. The fourth-order valence-corrected chi connectivity index (χ4v) is 4.29. The molecule has 4 heterocycles. The van der Waals surface area contributed by atoms with E-state index < -0.39 is 0 Å². The van der Waals surface area contributed by atoms with Crippen molar-refractivity contribution in [1.29, 1.82) is 0 Å². The number of ether oxygens (including phenoxy) is 1. The second-order valence-corrected chi connectivity index (χ2v) is 8.29. The molecule has 33 heavy (non-hydrogen) atoms. The molecular weight excluding hydrogens is 420 g/mol. The Bertz CT molecular complexity index is 937. The Morgan fingerprint density at radius 3 is 2.45 bits per heavy atom. The Morgan fingerprint density at radius 1 is 0.970 bits per heavy atom. The summed E-state index contributed by atoms with van der Waals surface area (Å²) in [6.45, 7) is 7.22. The predicted molar refractivity (Wildman–Crippen MR) is 127 cm³/mol. The maximum Gasteiger partial charge on any atom is 0.339 e. The molecule has 0 atom stereocenters. The van der Waals surface area contributed by atoms with Gasteiger partial charge in [-0.2, -0.15) is 0 Å². The summed E-state index contributed by atoms with van der Waals surface area (Å²) >= 11 is 0. The van der Waals surface area contributed by atoms with Gasteiger partial charge in [-0.25, -0.2) is 19.6 Å². The van der Waals surface area contributed by atoms with Gasteiger partial charge in [-0.1, -0.05) is 6.07 Å².